The SMILES string of the molecule is CCOc1ccc(/C(O)=C2/C(=O)C(=O)N(c3cccc(OC)c3)C2c2cccs2)cc1C(C)(C)C. The van der Waals surface area contributed by atoms with E-state index in [0.29, 0.717) is 23.6 Å². The lowest BCUT2D eigenvalue weighted by Gasteiger charge is -2.25. The van der Waals surface area contributed by atoms with Gasteiger partial charge in [0, 0.05) is 27.8 Å². The Labute approximate surface area is 209 Å². The minimum atomic E-state index is -0.758. The first kappa shape index (κ1) is 24.5. The highest BCUT2D eigenvalue weighted by atomic mass is 32.1. The summed E-state index contributed by atoms with van der Waals surface area (Å²) in [5.74, 6) is -0.338. The number of ketones is 1. The molecule has 2 heterocycles. The molecule has 1 fully saturated rings. The van der Waals surface area contributed by atoms with Crippen LogP contribution in [0.5, 0.6) is 11.5 Å². The highest BCUT2D eigenvalue weighted by molar-refractivity contribution is 7.10. The van der Waals surface area contributed by atoms with E-state index in [1.165, 1.54) is 16.2 Å². The second-order valence-electron chi connectivity index (χ2n) is 9.28. The number of carbonyl (C=O) groups is 2. The van der Waals surface area contributed by atoms with Gasteiger partial charge in [-0.1, -0.05) is 32.9 Å². The molecule has 1 aromatic heterocycles. The largest absolute Gasteiger partial charge is 0.507 e. The third kappa shape index (κ3) is 4.56. The number of Topliss-reactive ketones (excluding diaryl/α,β-unsaturated/α-hetero) is 1. The lowest BCUT2D eigenvalue weighted by atomic mass is 9.84. The summed E-state index contributed by atoms with van der Waals surface area (Å²) in [6, 6.07) is 15.3. The molecule has 182 valence electrons. The van der Waals surface area contributed by atoms with E-state index in [1.807, 2.05) is 30.5 Å². The van der Waals surface area contributed by atoms with Crippen LogP contribution in [0.2, 0.25) is 0 Å². The molecule has 7 heteroatoms. The normalized spacial score (nSPS) is 17.6. The van der Waals surface area contributed by atoms with Crippen molar-refractivity contribution in [1.29, 1.82) is 0 Å². The summed E-state index contributed by atoms with van der Waals surface area (Å²) in [7, 11) is 1.54. The van der Waals surface area contributed by atoms with Crippen molar-refractivity contribution >= 4 is 34.5 Å². The van der Waals surface area contributed by atoms with Crippen LogP contribution in [0.15, 0.2) is 65.6 Å². The van der Waals surface area contributed by atoms with Crippen molar-refractivity contribution < 1.29 is 24.2 Å². The van der Waals surface area contributed by atoms with Crippen molar-refractivity contribution in [2.24, 2.45) is 0 Å². The summed E-state index contributed by atoms with van der Waals surface area (Å²) in [6.07, 6.45) is 0. The fourth-order valence-corrected chi connectivity index (χ4v) is 5.10. The van der Waals surface area contributed by atoms with E-state index >= 15 is 0 Å². The van der Waals surface area contributed by atoms with Gasteiger partial charge in [0.05, 0.1) is 19.3 Å². The molecule has 1 saturated heterocycles. The van der Waals surface area contributed by atoms with Crippen molar-refractivity contribution in [3.63, 3.8) is 0 Å². The maximum absolute atomic E-state index is 13.4. The lowest BCUT2D eigenvalue weighted by Crippen LogP contribution is -2.29. The number of carbonyl (C=O) groups excluding carboxylic acids is 2. The molecular weight excluding hydrogens is 462 g/mol. The Morgan fingerprint density at radius 1 is 1.09 bits per heavy atom. The number of hydrogen-bond donors (Lipinski definition) is 1. The van der Waals surface area contributed by atoms with Gasteiger partial charge in [-0.25, -0.2) is 0 Å². The van der Waals surface area contributed by atoms with Crippen LogP contribution in [0, 0.1) is 0 Å². The second kappa shape index (κ2) is 9.58. The van der Waals surface area contributed by atoms with Gasteiger partial charge in [-0.05, 0) is 54.1 Å². The van der Waals surface area contributed by atoms with Gasteiger partial charge in [0.15, 0.2) is 0 Å². The average molecular weight is 492 g/mol. The number of nitrogens with zero attached hydrogens (tertiary/aromatic N) is 1. The molecule has 1 aliphatic heterocycles. The molecule has 3 aromatic rings. The molecule has 0 saturated carbocycles. The number of thiophene rings is 1. The monoisotopic (exact) mass is 491 g/mol. The zero-order valence-corrected chi connectivity index (χ0v) is 21.3. The number of rotatable bonds is 6. The number of aliphatic hydroxyl groups is 1. The maximum Gasteiger partial charge on any atom is 0.300 e. The summed E-state index contributed by atoms with van der Waals surface area (Å²) in [4.78, 5) is 28.9. The first-order chi connectivity index (χ1) is 16.7. The first-order valence-corrected chi connectivity index (χ1v) is 12.3. The van der Waals surface area contributed by atoms with Crippen LogP contribution >= 0.6 is 11.3 Å². The van der Waals surface area contributed by atoms with Gasteiger partial charge in [-0.2, -0.15) is 0 Å². The van der Waals surface area contributed by atoms with Crippen LogP contribution in [0.1, 0.15) is 49.7 Å². The molecule has 1 unspecified atom stereocenters. The van der Waals surface area contributed by atoms with Crippen molar-refractivity contribution in [3.8, 4) is 11.5 Å². The Morgan fingerprint density at radius 2 is 1.86 bits per heavy atom. The fourth-order valence-electron chi connectivity index (χ4n) is 4.28. The highest BCUT2D eigenvalue weighted by Crippen LogP contribution is 2.44. The molecule has 0 radical (unpaired) electrons. The molecule has 0 aliphatic carbocycles. The summed E-state index contributed by atoms with van der Waals surface area (Å²) in [5, 5.41) is 13.4. The molecule has 4 rings (SSSR count). The van der Waals surface area contributed by atoms with Gasteiger partial charge in [-0.15, -0.1) is 11.3 Å². The predicted octanol–water partition coefficient (Wildman–Crippen LogP) is 6.08. The van der Waals surface area contributed by atoms with E-state index in [-0.39, 0.29) is 16.7 Å². The minimum absolute atomic E-state index is 0.0595. The Kier molecular flexibility index (Phi) is 6.72. The zero-order chi connectivity index (χ0) is 25.3. The molecule has 2 aromatic carbocycles. The molecule has 0 bridgehead atoms. The van der Waals surface area contributed by atoms with Gasteiger partial charge in [0.2, 0.25) is 0 Å². The average Bonchev–Trinajstić information content (AvgIpc) is 3.45. The van der Waals surface area contributed by atoms with Gasteiger partial charge >= 0.3 is 0 Å². The smallest absolute Gasteiger partial charge is 0.300 e. The molecule has 1 amide bonds. The van der Waals surface area contributed by atoms with E-state index in [1.54, 1.807) is 43.5 Å². The van der Waals surface area contributed by atoms with Crippen molar-refractivity contribution in [2.45, 2.75) is 39.2 Å². The van der Waals surface area contributed by atoms with Crippen LogP contribution in [0.3, 0.4) is 0 Å². The lowest BCUT2D eigenvalue weighted by molar-refractivity contribution is -0.132. The fraction of sp³-hybridized carbons (Fsp3) is 0.286. The van der Waals surface area contributed by atoms with Crippen LogP contribution < -0.4 is 14.4 Å². The zero-order valence-electron chi connectivity index (χ0n) is 20.5. The number of aliphatic hydroxyl groups excluding tert-OH is 1. The van der Waals surface area contributed by atoms with Crippen LogP contribution in [0.4, 0.5) is 5.69 Å². The number of hydrogen-bond acceptors (Lipinski definition) is 6. The summed E-state index contributed by atoms with van der Waals surface area (Å²) < 4.78 is 11.1. The number of ether oxygens (including phenoxy) is 2. The third-order valence-corrected chi connectivity index (χ3v) is 6.87. The maximum atomic E-state index is 13.4. The summed E-state index contributed by atoms with van der Waals surface area (Å²) in [6.45, 7) is 8.60. The Hall–Kier alpha value is -3.58. The van der Waals surface area contributed by atoms with Crippen LogP contribution in [-0.2, 0) is 15.0 Å². The number of amides is 1. The molecule has 1 N–H and O–H groups in total. The van der Waals surface area contributed by atoms with Crippen molar-refractivity contribution in [1.82, 2.24) is 0 Å². The van der Waals surface area contributed by atoms with Gasteiger partial charge in [0.25, 0.3) is 11.7 Å². The van der Waals surface area contributed by atoms with E-state index in [2.05, 4.69) is 20.8 Å². The Morgan fingerprint density at radius 3 is 2.49 bits per heavy atom. The van der Waals surface area contributed by atoms with Crippen molar-refractivity contribution in [3.05, 3.63) is 81.6 Å². The van der Waals surface area contributed by atoms with E-state index in [4.69, 9.17) is 9.47 Å². The Balaban J connectivity index is 1.91. The van der Waals surface area contributed by atoms with Crippen LogP contribution in [0.25, 0.3) is 5.76 Å². The molecule has 6 nitrogen and oxygen atoms in total. The predicted molar refractivity (Wildman–Crippen MR) is 138 cm³/mol. The molecular formula is C28H29NO5S. The topological polar surface area (TPSA) is 76.1 Å². The molecule has 0 spiro atoms. The van der Waals surface area contributed by atoms with Gasteiger partial charge in [0.1, 0.15) is 23.3 Å². The van der Waals surface area contributed by atoms with Crippen molar-refractivity contribution in [2.75, 3.05) is 18.6 Å². The number of benzene rings is 2. The molecule has 1 aliphatic rings. The summed E-state index contributed by atoms with van der Waals surface area (Å²) >= 11 is 1.42. The molecule has 35 heavy (non-hydrogen) atoms. The standard InChI is InChI=1S/C28H29NO5S/c1-6-34-21-13-12-17(15-20(21)28(2,3)4)25(30)23-24(22-11-8-14-35-22)29(27(32)26(23)31)18-9-7-10-19(16-18)33-5/h7-16,24,30H,6H2,1-5H3/b25-23-. The van der Waals surface area contributed by atoms with E-state index in [0.717, 1.165) is 16.2 Å². The summed E-state index contributed by atoms with van der Waals surface area (Å²) in [5.41, 5.74) is 1.68. The second-order valence-corrected chi connectivity index (χ2v) is 10.3. The third-order valence-electron chi connectivity index (χ3n) is 5.95. The van der Waals surface area contributed by atoms with E-state index < -0.39 is 17.7 Å². The number of anilines is 1. The van der Waals surface area contributed by atoms with Gasteiger partial charge in [-0.3, -0.25) is 14.5 Å². The number of methoxy groups -OCH3 is 1. The first-order valence-electron chi connectivity index (χ1n) is 11.4. The molecule has 1 atom stereocenters. The quantitative estimate of drug-likeness (QED) is 0.257. The van der Waals surface area contributed by atoms with Gasteiger partial charge < -0.3 is 14.6 Å². The van der Waals surface area contributed by atoms with E-state index in [9.17, 15) is 14.7 Å². The minimum Gasteiger partial charge on any atom is -0.507 e. The van der Waals surface area contributed by atoms with Crippen LogP contribution in [-0.4, -0.2) is 30.5 Å². The Bertz CT molecular complexity index is 1290. The highest BCUT2D eigenvalue weighted by Gasteiger charge is 2.47.